The van der Waals surface area contributed by atoms with Crippen LogP contribution in [0.1, 0.15) is 43.5 Å². The summed E-state index contributed by atoms with van der Waals surface area (Å²) in [5, 5.41) is 11.4. The van der Waals surface area contributed by atoms with Crippen LogP contribution in [0.2, 0.25) is 0 Å². The van der Waals surface area contributed by atoms with Gasteiger partial charge in [0.2, 0.25) is 5.91 Å². The zero-order valence-corrected chi connectivity index (χ0v) is 20.5. The van der Waals surface area contributed by atoms with E-state index in [1.807, 2.05) is 12.1 Å². The number of methoxy groups -OCH3 is 1. The van der Waals surface area contributed by atoms with E-state index in [-0.39, 0.29) is 37.3 Å². The molecule has 3 N–H and O–H groups in total. The van der Waals surface area contributed by atoms with E-state index in [9.17, 15) is 19.1 Å². The molecule has 2 aromatic carbocycles. The number of nitrogens with two attached hydrogens (primary N) is 1. The SMILES string of the molecule is COc1cccc(CC(=O)CC[C@](C)(O)c2cc3c(c(-c4ccc(F)cc4)n2)OC[C@]3(C)C(N)=O)c1. The Bertz CT molecular complexity index is 1310. The van der Waals surface area contributed by atoms with Crippen molar-refractivity contribution in [3.05, 3.63) is 77.2 Å². The summed E-state index contributed by atoms with van der Waals surface area (Å²) < 4.78 is 24.6. The number of hydrogen-bond donors (Lipinski definition) is 2. The fraction of sp³-hybridized carbons (Fsp3) is 0.321. The number of aromatic nitrogens is 1. The third kappa shape index (κ3) is 4.95. The van der Waals surface area contributed by atoms with Crippen LogP contribution in [0.3, 0.4) is 0 Å². The van der Waals surface area contributed by atoms with Crippen LogP contribution in [-0.2, 0) is 27.0 Å². The van der Waals surface area contributed by atoms with Gasteiger partial charge in [-0.05, 0) is 68.3 Å². The number of carbonyl (C=O) groups is 2. The van der Waals surface area contributed by atoms with Gasteiger partial charge in [-0.2, -0.15) is 0 Å². The molecule has 0 saturated carbocycles. The van der Waals surface area contributed by atoms with Crippen molar-refractivity contribution in [3.8, 4) is 22.8 Å². The number of primary amides is 1. The summed E-state index contributed by atoms with van der Waals surface area (Å²) in [6.07, 6.45) is 0.427. The van der Waals surface area contributed by atoms with Crippen LogP contribution in [0.5, 0.6) is 11.5 Å². The summed E-state index contributed by atoms with van der Waals surface area (Å²) in [5.74, 6) is 0.0144. The predicted octanol–water partition coefficient (Wildman–Crippen LogP) is 3.83. The van der Waals surface area contributed by atoms with Gasteiger partial charge in [0, 0.05) is 24.0 Å². The standard InChI is InChI=1S/C28H29FN2O5/c1-27(26(30)33)16-36-25-22(27)15-23(31-24(25)18-7-9-19(29)10-8-18)28(2,34)12-11-20(32)13-17-5-4-6-21(14-17)35-3/h4-10,14-15,34H,11-13,16H2,1-3H3,(H2,30,33)/t27-,28-/m0/s1. The number of hydrogen-bond acceptors (Lipinski definition) is 6. The highest BCUT2D eigenvalue weighted by Gasteiger charge is 2.45. The summed E-state index contributed by atoms with van der Waals surface area (Å²) >= 11 is 0. The molecule has 0 aliphatic carbocycles. The van der Waals surface area contributed by atoms with Gasteiger partial charge in [0.25, 0.3) is 0 Å². The third-order valence-corrected chi connectivity index (χ3v) is 6.71. The average Bonchev–Trinajstić information content (AvgIpc) is 3.21. The highest BCUT2D eigenvalue weighted by Crippen LogP contribution is 2.45. The Morgan fingerprint density at radius 3 is 2.61 bits per heavy atom. The Morgan fingerprint density at radius 2 is 1.94 bits per heavy atom. The number of benzene rings is 2. The van der Waals surface area contributed by atoms with Crippen LogP contribution in [-0.4, -0.2) is 35.5 Å². The van der Waals surface area contributed by atoms with Gasteiger partial charge < -0.3 is 20.3 Å². The summed E-state index contributed by atoms with van der Waals surface area (Å²) in [4.78, 5) is 29.7. The highest BCUT2D eigenvalue weighted by molar-refractivity contribution is 5.90. The molecule has 0 unspecified atom stereocenters. The molecule has 1 amide bonds. The Balaban J connectivity index is 1.64. The largest absolute Gasteiger partial charge is 0.497 e. The van der Waals surface area contributed by atoms with Crippen molar-refractivity contribution in [3.63, 3.8) is 0 Å². The first-order valence-corrected chi connectivity index (χ1v) is 11.6. The molecule has 1 aliphatic rings. The molecule has 1 aromatic heterocycles. The van der Waals surface area contributed by atoms with Gasteiger partial charge in [-0.1, -0.05) is 12.1 Å². The second-order valence-electron chi connectivity index (χ2n) is 9.57. The minimum absolute atomic E-state index is 0.0260. The minimum atomic E-state index is -1.49. The van der Waals surface area contributed by atoms with Crippen LogP contribution in [0.25, 0.3) is 11.3 Å². The van der Waals surface area contributed by atoms with Crippen LogP contribution in [0.15, 0.2) is 54.6 Å². The second kappa shape index (κ2) is 9.70. The highest BCUT2D eigenvalue weighted by atomic mass is 19.1. The van der Waals surface area contributed by atoms with E-state index in [0.29, 0.717) is 28.3 Å². The number of amides is 1. The Kier molecular flexibility index (Phi) is 6.82. The zero-order valence-electron chi connectivity index (χ0n) is 20.5. The summed E-state index contributed by atoms with van der Waals surface area (Å²) in [7, 11) is 1.57. The number of ether oxygens (including phenoxy) is 2. The first-order chi connectivity index (χ1) is 17.0. The Labute approximate surface area is 209 Å². The van der Waals surface area contributed by atoms with Crippen molar-refractivity contribution in [2.45, 2.75) is 44.1 Å². The number of nitrogens with zero attached hydrogens (tertiary/aromatic N) is 1. The van der Waals surface area contributed by atoms with Gasteiger partial charge in [-0.15, -0.1) is 0 Å². The molecule has 0 spiro atoms. The second-order valence-corrected chi connectivity index (χ2v) is 9.57. The normalized spacial score (nSPS) is 18.1. The zero-order chi connectivity index (χ0) is 26.1. The van der Waals surface area contributed by atoms with E-state index in [2.05, 4.69) is 4.98 Å². The lowest BCUT2D eigenvalue weighted by molar-refractivity contribution is -0.123. The molecule has 8 heteroatoms. The van der Waals surface area contributed by atoms with Crippen molar-refractivity contribution >= 4 is 11.7 Å². The van der Waals surface area contributed by atoms with Crippen LogP contribution in [0.4, 0.5) is 4.39 Å². The molecule has 2 atom stereocenters. The van der Waals surface area contributed by atoms with Crippen LogP contribution >= 0.6 is 0 Å². The molecular weight excluding hydrogens is 463 g/mol. The van der Waals surface area contributed by atoms with Gasteiger partial charge in [0.1, 0.15) is 46.4 Å². The molecule has 188 valence electrons. The summed E-state index contributed by atoms with van der Waals surface area (Å²) in [6, 6.07) is 14.6. The van der Waals surface area contributed by atoms with Crippen molar-refractivity contribution in [1.82, 2.24) is 4.98 Å². The predicted molar refractivity (Wildman–Crippen MR) is 132 cm³/mol. The van der Waals surface area contributed by atoms with Gasteiger partial charge in [-0.3, -0.25) is 9.59 Å². The lowest BCUT2D eigenvalue weighted by Gasteiger charge is -2.26. The topological polar surface area (TPSA) is 112 Å². The summed E-state index contributed by atoms with van der Waals surface area (Å²) in [6.45, 7) is 3.27. The van der Waals surface area contributed by atoms with Gasteiger partial charge in [0.05, 0.1) is 12.8 Å². The number of pyridine rings is 1. The van der Waals surface area contributed by atoms with Crippen molar-refractivity contribution < 1.29 is 28.6 Å². The molecule has 0 fully saturated rings. The number of rotatable bonds is 9. The number of fused-ring (bicyclic) bond motifs is 1. The molecule has 3 aromatic rings. The molecule has 4 rings (SSSR count). The molecule has 1 aliphatic heterocycles. The lowest BCUT2D eigenvalue weighted by Crippen LogP contribution is -2.40. The van der Waals surface area contributed by atoms with Crippen molar-refractivity contribution in [1.29, 1.82) is 0 Å². The van der Waals surface area contributed by atoms with Crippen molar-refractivity contribution in [2.75, 3.05) is 13.7 Å². The molecule has 0 saturated heterocycles. The fourth-order valence-electron chi connectivity index (χ4n) is 4.28. The van der Waals surface area contributed by atoms with Crippen LogP contribution < -0.4 is 15.2 Å². The first-order valence-electron chi connectivity index (χ1n) is 11.6. The van der Waals surface area contributed by atoms with E-state index in [1.165, 1.54) is 12.1 Å². The fourth-order valence-corrected chi connectivity index (χ4v) is 4.28. The first kappa shape index (κ1) is 25.3. The molecule has 36 heavy (non-hydrogen) atoms. The maximum atomic E-state index is 13.6. The monoisotopic (exact) mass is 492 g/mol. The van der Waals surface area contributed by atoms with E-state index in [4.69, 9.17) is 15.2 Å². The van der Waals surface area contributed by atoms with Gasteiger partial charge in [-0.25, -0.2) is 9.37 Å². The Morgan fingerprint density at radius 1 is 1.22 bits per heavy atom. The molecule has 2 heterocycles. The van der Waals surface area contributed by atoms with Gasteiger partial charge >= 0.3 is 0 Å². The number of halogens is 1. The lowest BCUT2D eigenvalue weighted by atomic mass is 9.81. The molecule has 7 nitrogen and oxygen atoms in total. The number of aliphatic hydroxyl groups is 1. The average molecular weight is 493 g/mol. The molecule has 0 radical (unpaired) electrons. The number of carbonyl (C=O) groups excluding carboxylic acids is 2. The molecule has 0 bridgehead atoms. The van der Waals surface area contributed by atoms with E-state index in [1.54, 1.807) is 51.3 Å². The molecular formula is C28H29FN2O5. The van der Waals surface area contributed by atoms with Crippen molar-refractivity contribution in [2.24, 2.45) is 5.73 Å². The van der Waals surface area contributed by atoms with Crippen LogP contribution in [0, 0.1) is 5.82 Å². The third-order valence-electron chi connectivity index (χ3n) is 6.71. The number of ketones is 1. The Hall–Kier alpha value is -3.78. The quantitative estimate of drug-likeness (QED) is 0.470. The summed E-state index contributed by atoms with van der Waals surface area (Å²) in [5.41, 5.74) is 5.61. The number of Topliss-reactive ketones (excluding diaryl/α,β-unsaturated/α-hetero) is 1. The minimum Gasteiger partial charge on any atom is -0.497 e. The van der Waals surface area contributed by atoms with E-state index in [0.717, 1.165) is 5.56 Å². The maximum Gasteiger partial charge on any atom is 0.231 e. The van der Waals surface area contributed by atoms with E-state index >= 15 is 0 Å². The van der Waals surface area contributed by atoms with Gasteiger partial charge in [0.15, 0.2) is 0 Å². The van der Waals surface area contributed by atoms with E-state index < -0.39 is 22.7 Å². The maximum absolute atomic E-state index is 13.6. The smallest absolute Gasteiger partial charge is 0.231 e.